The van der Waals surface area contributed by atoms with E-state index in [0.29, 0.717) is 12.1 Å². The molecule has 2 N–H and O–H groups in total. The molecule has 36 heavy (non-hydrogen) atoms. The molecule has 0 saturated heterocycles. The molecule has 2 rings (SSSR count). The molecule has 1 aromatic heterocycles. The Balaban J connectivity index is 1.65. The average molecular weight is 517 g/mol. The number of anilines is 1. The molecule has 0 radical (unpaired) electrons. The van der Waals surface area contributed by atoms with Crippen LogP contribution in [-0.4, -0.2) is 53.8 Å². The summed E-state index contributed by atoms with van der Waals surface area (Å²) in [6.07, 6.45) is 22.7. The third-order valence-corrected chi connectivity index (χ3v) is 6.97. The van der Waals surface area contributed by atoms with Crippen molar-refractivity contribution in [3.8, 4) is 5.69 Å². The number of carbonyl (C=O) groups excluding carboxylic acids is 1. The molecule has 0 aliphatic heterocycles. The molecule has 0 bridgehead atoms. The quantitative estimate of drug-likeness (QED) is 0.163. The van der Waals surface area contributed by atoms with Crippen LogP contribution in [0, 0.1) is 0 Å². The first-order chi connectivity index (χ1) is 17.8. The lowest BCUT2D eigenvalue weighted by Crippen LogP contribution is -2.25. The van der Waals surface area contributed by atoms with Crippen molar-refractivity contribution < 1.29 is 9.53 Å². The van der Waals surface area contributed by atoms with Crippen molar-refractivity contribution in [3.63, 3.8) is 0 Å². The predicted molar refractivity (Wildman–Crippen MR) is 155 cm³/mol. The highest BCUT2D eigenvalue weighted by Crippen LogP contribution is 2.22. The second-order valence-electron chi connectivity index (χ2n) is 9.38. The Hall–Kier alpha value is -1.99. The van der Waals surface area contributed by atoms with Crippen molar-refractivity contribution >= 4 is 23.4 Å². The van der Waals surface area contributed by atoms with Crippen LogP contribution in [0.5, 0.6) is 0 Å². The van der Waals surface area contributed by atoms with E-state index < -0.39 is 0 Å². The lowest BCUT2D eigenvalue weighted by molar-refractivity contribution is 0.0954. The molecule has 0 aliphatic rings. The number of aromatic nitrogens is 2. The van der Waals surface area contributed by atoms with Crippen LogP contribution < -0.4 is 10.6 Å². The average Bonchev–Trinajstić information content (AvgIpc) is 3.43. The number of nitrogens with zero attached hydrogens (tertiary/aromatic N) is 2. The van der Waals surface area contributed by atoms with Crippen LogP contribution in [-0.2, 0) is 4.74 Å². The number of benzene rings is 1. The van der Waals surface area contributed by atoms with Gasteiger partial charge in [0.15, 0.2) is 0 Å². The lowest BCUT2D eigenvalue weighted by atomic mass is 10.1. The van der Waals surface area contributed by atoms with Gasteiger partial charge in [0.05, 0.1) is 17.7 Å². The van der Waals surface area contributed by atoms with E-state index in [1.54, 1.807) is 24.3 Å². The molecule has 202 valence electrons. The Bertz CT molecular complexity index is 814. The third-order valence-electron chi connectivity index (χ3n) is 6.28. The molecule has 0 saturated carbocycles. The molecule has 1 heterocycles. The summed E-state index contributed by atoms with van der Waals surface area (Å²) < 4.78 is 7.81. The molecule has 0 unspecified atom stereocenters. The summed E-state index contributed by atoms with van der Waals surface area (Å²) in [7, 11) is 0. The van der Waals surface area contributed by atoms with E-state index in [4.69, 9.17) is 4.74 Å². The fraction of sp³-hybridized carbons (Fsp3) is 0.655. The Labute approximate surface area is 223 Å². The number of hydrogen-bond acceptors (Lipinski definition) is 5. The molecular weight excluding hydrogens is 468 g/mol. The number of hydrogen-bond donors (Lipinski definition) is 2. The minimum atomic E-state index is -0.0266. The number of carbonyl (C=O) groups is 1. The molecule has 0 spiro atoms. The van der Waals surface area contributed by atoms with E-state index in [2.05, 4.69) is 28.8 Å². The molecule has 0 fully saturated rings. The van der Waals surface area contributed by atoms with Crippen molar-refractivity contribution in [2.75, 3.05) is 43.6 Å². The number of ether oxygens (including phenoxy) is 1. The summed E-state index contributed by atoms with van der Waals surface area (Å²) in [4.78, 5) is 16.8. The van der Waals surface area contributed by atoms with E-state index in [0.717, 1.165) is 56.1 Å². The van der Waals surface area contributed by atoms with Gasteiger partial charge in [0, 0.05) is 44.3 Å². The summed E-state index contributed by atoms with van der Waals surface area (Å²) in [6.45, 7) is 5.49. The maximum Gasteiger partial charge on any atom is 0.251 e. The standard InChI is InChI=1S/C29H48N4O2S/c1-3-4-5-6-7-8-9-10-12-21-35-22-13-11-17-31-27-24-26(29(34)32-18-14-23-36-2)15-16-28(27)33-20-19-30-25-33/h15-16,19-20,24-25,31H,3-14,17-18,21-23H2,1-2H3,(H,32,34). The first kappa shape index (κ1) is 30.2. The second-order valence-corrected chi connectivity index (χ2v) is 10.4. The summed E-state index contributed by atoms with van der Waals surface area (Å²) in [6, 6.07) is 5.80. The number of nitrogens with one attached hydrogen (secondary N) is 2. The van der Waals surface area contributed by atoms with Gasteiger partial charge in [0.25, 0.3) is 5.91 Å². The monoisotopic (exact) mass is 516 g/mol. The Kier molecular flexibility index (Phi) is 16.9. The van der Waals surface area contributed by atoms with E-state index >= 15 is 0 Å². The van der Waals surface area contributed by atoms with Gasteiger partial charge in [-0.3, -0.25) is 4.79 Å². The minimum Gasteiger partial charge on any atom is -0.383 e. The van der Waals surface area contributed by atoms with E-state index in [1.807, 2.05) is 29.0 Å². The molecule has 1 amide bonds. The van der Waals surface area contributed by atoms with Crippen LogP contribution in [0.1, 0.15) is 94.3 Å². The second kappa shape index (κ2) is 20.1. The lowest BCUT2D eigenvalue weighted by Gasteiger charge is -2.15. The fourth-order valence-corrected chi connectivity index (χ4v) is 4.57. The summed E-state index contributed by atoms with van der Waals surface area (Å²) in [5.41, 5.74) is 2.61. The minimum absolute atomic E-state index is 0.0266. The van der Waals surface area contributed by atoms with Crippen molar-refractivity contribution in [2.24, 2.45) is 0 Å². The van der Waals surface area contributed by atoms with E-state index in [1.165, 1.54) is 57.8 Å². The number of rotatable bonds is 22. The number of imidazole rings is 1. The van der Waals surface area contributed by atoms with Gasteiger partial charge in [0.1, 0.15) is 0 Å². The molecule has 2 aromatic rings. The van der Waals surface area contributed by atoms with Crippen molar-refractivity contribution in [2.45, 2.75) is 84.0 Å². The van der Waals surface area contributed by atoms with E-state index in [-0.39, 0.29) is 5.91 Å². The molecular formula is C29H48N4O2S. The van der Waals surface area contributed by atoms with Gasteiger partial charge in [0.2, 0.25) is 0 Å². The Morgan fingerprint density at radius 3 is 2.36 bits per heavy atom. The van der Waals surface area contributed by atoms with Crippen molar-refractivity contribution in [1.82, 2.24) is 14.9 Å². The summed E-state index contributed by atoms with van der Waals surface area (Å²) >= 11 is 1.80. The van der Waals surface area contributed by atoms with Crippen molar-refractivity contribution in [1.29, 1.82) is 0 Å². The van der Waals surface area contributed by atoms with Gasteiger partial charge >= 0.3 is 0 Å². The van der Waals surface area contributed by atoms with Crippen LogP contribution in [0.15, 0.2) is 36.9 Å². The van der Waals surface area contributed by atoms with Gasteiger partial charge in [-0.2, -0.15) is 11.8 Å². The van der Waals surface area contributed by atoms with Gasteiger partial charge in [-0.25, -0.2) is 4.98 Å². The molecule has 1 aromatic carbocycles. The van der Waals surface area contributed by atoms with Crippen LogP contribution in [0.3, 0.4) is 0 Å². The zero-order valence-corrected chi connectivity index (χ0v) is 23.4. The SMILES string of the molecule is CCCCCCCCCCCOCCCCNc1cc(C(=O)NCCCSC)ccc1-n1ccnc1. The highest BCUT2D eigenvalue weighted by atomic mass is 32.2. The van der Waals surface area contributed by atoms with Crippen LogP contribution in [0.25, 0.3) is 5.69 Å². The highest BCUT2D eigenvalue weighted by molar-refractivity contribution is 7.98. The zero-order chi connectivity index (χ0) is 25.7. The maximum atomic E-state index is 12.6. The topological polar surface area (TPSA) is 68.2 Å². The predicted octanol–water partition coefficient (Wildman–Crippen LogP) is 7.09. The number of amides is 1. The maximum absolute atomic E-state index is 12.6. The van der Waals surface area contributed by atoms with Crippen molar-refractivity contribution in [3.05, 3.63) is 42.5 Å². The summed E-state index contributed by atoms with van der Waals surface area (Å²) in [5.74, 6) is 1.02. The van der Waals surface area contributed by atoms with Crippen LogP contribution in [0.2, 0.25) is 0 Å². The van der Waals surface area contributed by atoms with Gasteiger partial charge in [-0.05, 0) is 55.9 Å². The number of thioether (sulfide) groups is 1. The van der Waals surface area contributed by atoms with Crippen LogP contribution in [0.4, 0.5) is 5.69 Å². The molecule has 0 aliphatic carbocycles. The van der Waals surface area contributed by atoms with Gasteiger partial charge in [-0.1, -0.05) is 58.3 Å². The highest BCUT2D eigenvalue weighted by Gasteiger charge is 2.11. The van der Waals surface area contributed by atoms with Crippen LogP contribution >= 0.6 is 11.8 Å². The summed E-state index contributed by atoms with van der Waals surface area (Å²) in [5, 5.41) is 6.55. The first-order valence-electron chi connectivity index (χ1n) is 14.0. The Morgan fingerprint density at radius 2 is 1.67 bits per heavy atom. The molecule has 6 nitrogen and oxygen atoms in total. The zero-order valence-electron chi connectivity index (χ0n) is 22.6. The molecule has 0 atom stereocenters. The number of unbranched alkanes of at least 4 members (excludes halogenated alkanes) is 9. The largest absolute Gasteiger partial charge is 0.383 e. The van der Waals surface area contributed by atoms with E-state index in [9.17, 15) is 4.79 Å². The molecule has 7 heteroatoms. The normalized spacial score (nSPS) is 11.1. The van der Waals surface area contributed by atoms with Gasteiger partial charge < -0.3 is 19.9 Å². The first-order valence-corrected chi connectivity index (χ1v) is 15.4. The fourth-order valence-electron chi connectivity index (χ4n) is 4.14. The third kappa shape index (κ3) is 12.8. The van der Waals surface area contributed by atoms with Gasteiger partial charge in [-0.15, -0.1) is 0 Å². The smallest absolute Gasteiger partial charge is 0.251 e. The Morgan fingerprint density at radius 1 is 0.944 bits per heavy atom.